The first-order valence-corrected chi connectivity index (χ1v) is 11.3. The van der Waals surface area contributed by atoms with Gasteiger partial charge in [-0.2, -0.15) is 0 Å². The molecule has 1 aliphatic carbocycles. The molecule has 0 fully saturated rings. The fraction of sp³-hybridized carbons (Fsp3) is 0.391. The first-order chi connectivity index (χ1) is 14.1. The molecule has 0 bridgehead atoms. The molecule has 1 atom stereocenters. The normalized spacial score (nSPS) is 16.4. The Bertz CT molecular complexity index is 1000. The zero-order valence-corrected chi connectivity index (χ0v) is 19.8. The van der Waals surface area contributed by atoms with E-state index in [1.54, 1.807) is 24.3 Å². The van der Waals surface area contributed by atoms with E-state index >= 15 is 0 Å². The largest absolute Gasteiger partial charge is 0.465 e. The second-order valence-corrected chi connectivity index (χ2v) is 10.4. The van der Waals surface area contributed by atoms with Gasteiger partial charge < -0.3 is 10.1 Å². The highest BCUT2D eigenvalue weighted by atomic mass is 35.5. The van der Waals surface area contributed by atoms with Gasteiger partial charge >= 0.3 is 5.97 Å². The van der Waals surface area contributed by atoms with E-state index in [1.165, 1.54) is 24.5 Å². The fourth-order valence-electron chi connectivity index (χ4n) is 3.67. The van der Waals surface area contributed by atoms with Crippen molar-refractivity contribution < 1.29 is 14.3 Å². The van der Waals surface area contributed by atoms with Crippen molar-refractivity contribution in [2.45, 2.75) is 40.0 Å². The number of nitrogens with one attached hydrogen (secondary N) is 1. The van der Waals surface area contributed by atoms with E-state index in [9.17, 15) is 9.59 Å². The standard InChI is InChI=1S/C23H25Cl2NO3S/c1-23(2,3)14-7-8-15-18(12-14)30-21(20(15)22(28)29-4)26-19(27)10-6-13-5-9-16(24)17(25)11-13/h5-6,9-11,14H,7-8,12H2,1-4H3,(H,26,27). The van der Waals surface area contributed by atoms with Crippen LogP contribution in [0.2, 0.25) is 10.0 Å². The second kappa shape index (κ2) is 9.13. The maximum atomic E-state index is 12.5. The van der Waals surface area contributed by atoms with Crippen LogP contribution in [0.3, 0.4) is 0 Å². The molecule has 160 valence electrons. The van der Waals surface area contributed by atoms with Gasteiger partial charge in [-0.25, -0.2) is 4.79 Å². The summed E-state index contributed by atoms with van der Waals surface area (Å²) in [5, 5.41) is 4.29. The van der Waals surface area contributed by atoms with Gasteiger partial charge in [0.15, 0.2) is 0 Å². The Morgan fingerprint density at radius 1 is 1.23 bits per heavy atom. The highest BCUT2D eigenvalue weighted by Gasteiger charge is 2.34. The summed E-state index contributed by atoms with van der Waals surface area (Å²) in [7, 11) is 1.36. The number of fused-ring (bicyclic) bond motifs is 1. The van der Waals surface area contributed by atoms with Gasteiger partial charge in [0, 0.05) is 11.0 Å². The van der Waals surface area contributed by atoms with Crippen molar-refractivity contribution in [1.82, 2.24) is 0 Å². The number of carbonyl (C=O) groups is 2. The van der Waals surface area contributed by atoms with Crippen LogP contribution in [0.15, 0.2) is 24.3 Å². The molecule has 0 spiro atoms. The summed E-state index contributed by atoms with van der Waals surface area (Å²) in [4.78, 5) is 26.2. The van der Waals surface area contributed by atoms with Crippen LogP contribution < -0.4 is 5.32 Å². The molecule has 1 aromatic heterocycles. The van der Waals surface area contributed by atoms with Gasteiger partial charge in [-0.05, 0) is 59.9 Å². The summed E-state index contributed by atoms with van der Waals surface area (Å²) in [6.07, 6.45) is 5.80. The van der Waals surface area contributed by atoms with Crippen LogP contribution in [-0.4, -0.2) is 19.0 Å². The van der Waals surface area contributed by atoms with E-state index in [1.807, 2.05) is 0 Å². The molecule has 0 saturated carbocycles. The summed E-state index contributed by atoms with van der Waals surface area (Å²) >= 11 is 13.4. The van der Waals surface area contributed by atoms with Gasteiger partial charge in [0.05, 0.1) is 22.7 Å². The van der Waals surface area contributed by atoms with Gasteiger partial charge in [-0.1, -0.05) is 50.0 Å². The molecule has 3 rings (SSSR count). The van der Waals surface area contributed by atoms with Crippen LogP contribution in [-0.2, 0) is 22.4 Å². The molecular formula is C23H25Cl2NO3S. The Balaban J connectivity index is 1.83. The number of ether oxygens (including phenoxy) is 1. The molecule has 4 nitrogen and oxygen atoms in total. The van der Waals surface area contributed by atoms with Crippen LogP contribution >= 0.6 is 34.5 Å². The molecule has 1 aromatic carbocycles. The van der Waals surface area contributed by atoms with Crippen LogP contribution in [0.4, 0.5) is 5.00 Å². The summed E-state index contributed by atoms with van der Waals surface area (Å²) < 4.78 is 5.00. The average Bonchev–Trinajstić information content (AvgIpc) is 3.04. The lowest BCUT2D eigenvalue weighted by Crippen LogP contribution is -2.26. The monoisotopic (exact) mass is 465 g/mol. The number of halogens is 2. The first-order valence-electron chi connectivity index (χ1n) is 9.77. The van der Waals surface area contributed by atoms with Crippen molar-refractivity contribution >= 4 is 57.5 Å². The van der Waals surface area contributed by atoms with E-state index in [2.05, 4.69) is 26.1 Å². The third-order valence-electron chi connectivity index (χ3n) is 5.49. The van der Waals surface area contributed by atoms with Crippen LogP contribution in [0.1, 0.15) is 53.6 Å². The SMILES string of the molecule is COC(=O)c1c(NC(=O)C=Cc2ccc(Cl)c(Cl)c2)sc2c1CCC(C(C)(C)C)C2. The second-order valence-electron chi connectivity index (χ2n) is 8.50. The number of carbonyl (C=O) groups excluding carboxylic acids is 2. The van der Waals surface area contributed by atoms with E-state index in [4.69, 9.17) is 27.9 Å². The molecule has 1 unspecified atom stereocenters. The minimum atomic E-state index is -0.412. The molecule has 0 aliphatic heterocycles. The Morgan fingerprint density at radius 3 is 2.60 bits per heavy atom. The molecule has 1 N–H and O–H groups in total. The van der Waals surface area contributed by atoms with Crippen molar-refractivity contribution in [3.05, 3.63) is 55.9 Å². The first kappa shape index (κ1) is 22.9. The third kappa shape index (κ3) is 5.08. The molecule has 0 saturated heterocycles. The summed E-state index contributed by atoms with van der Waals surface area (Å²) in [5.74, 6) is -0.199. The van der Waals surface area contributed by atoms with Gasteiger partial charge in [-0.3, -0.25) is 4.79 Å². The Labute approximate surface area is 191 Å². The van der Waals surface area contributed by atoms with Crippen molar-refractivity contribution in [2.75, 3.05) is 12.4 Å². The smallest absolute Gasteiger partial charge is 0.341 e. The maximum Gasteiger partial charge on any atom is 0.341 e. The lowest BCUT2D eigenvalue weighted by atomic mass is 9.72. The van der Waals surface area contributed by atoms with E-state index in [-0.39, 0.29) is 11.3 Å². The van der Waals surface area contributed by atoms with Crippen molar-refractivity contribution in [1.29, 1.82) is 0 Å². The molecule has 2 aromatic rings. The van der Waals surface area contributed by atoms with Gasteiger partial charge in [-0.15, -0.1) is 11.3 Å². The number of esters is 1. The summed E-state index contributed by atoms with van der Waals surface area (Å²) in [5.41, 5.74) is 2.45. The molecule has 0 radical (unpaired) electrons. The van der Waals surface area contributed by atoms with Gasteiger partial charge in [0.2, 0.25) is 5.91 Å². The van der Waals surface area contributed by atoms with Crippen LogP contribution in [0, 0.1) is 11.3 Å². The maximum absolute atomic E-state index is 12.5. The molecule has 1 heterocycles. The molecular weight excluding hydrogens is 441 g/mol. The van der Waals surface area contributed by atoms with Crippen LogP contribution in [0.25, 0.3) is 6.08 Å². The highest BCUT2D eigenvalue weighted by Crippen LogP contribution is 2.44. The fourth-order valence-corrected chi connectivity index (χ4v) is 5.30. The third-order valence-corrected chi connectivity index (χ3v) is 7.40. The van der Waals surface area contributed by atoms with Crippen LogP contribution in [0.5, 0.6) is 0 Å². The highest BCUT2D eigenvalue weighted by molar-refractivity contribution is 7.17. The lowest BCUT2D eigenvalue weighted by molar-refractivity contribution is -0.111. The van der Waals surface area contributed by atoms with Gasteiger partial charge in [0.25, 0.3) is 0 Å². The predicted molar refractivity (Wildman–Crippen MR) is 125 cm³/mol. The topological polar surface area (TPSA) is 55.4 Å². The van der Waals surface area contributed by atoms with E-state index in [0.717, 1.165) is 35.3 Å². The Morgan fingerprint density at radius 2 is 1.97 bits per heavy atom. The van der Waals surface area contributed by atoms with Crippen molar-refractivity contribution in [3.8, 4) is 0 Å². The zero-order chi connectivity index (χ0) is 22.1. The van der Waals surface area contributed by atoms with Crippen molar-refractivity contribution in [2.24, 2.45) is 11.3 Å². The predicted octanol–water partition coefficient (Wildman–Crippen LogP) is 6.64. The molecule has 1 aliphatic rings. The zero-order valence-electron chi connectivity index (χ0n) is 17.5. The lowest BCUT2D eigenvalue weighted by Gasteiger charge is -2.33. The Kier molecular flexibility index (Phi) is 6.95. The quantitative estimate of drug-likeness (QED) is 0.406. The number of hydrogen-bond acceptors (Lipinski definition) is 4. The minimum absolute atomic E-state index is 0.194. The summed E-state index contributed by atoms with van der Waals surface area (Å²) in [6.45, 7) is 6.73. The molecule has 7 heteroatoms. The van der Waals surface area contributed by atoms with Crippen molar-refractivity contribution in [3.63, 3.8) is 0 Å². The number of anilines is 1. The molecule has 30 heavy (non-hydrogen) atoms. The molecule has 1 amide bonds. The minimum Gasteiger partial charge on any atom is -0.465 e. The number of amides is 1. The number of benzene rings is 1. The Hall–Kier alpha value is -1.82. The number of hydrogen-bond donors (Lipinski definition) is 1. The van der Waals surface area contributed by atoms with E-state index < -0.39 is 5.97 Å². The summed E-state index contributed by atoms with van der Waals surface area (Å²) in [6, 6.07) is 5.13. The number of rotatable bonds is 4. The number of methoxy groups -OCH3 is 1. The van der Waals surface area contributed by atoms with Gasteiger partial charge in [0.1, 0.15) is 5.00 Å². The average molecular weight is 466 g/mol. The number of thiophene rings is 1. The van der Waals surface area contributed by atoms with E-state index in [0.29, 0.717) is 26.5 Å².